The molecule has 0 aliphatic heterocycles. The molecule has 2 rings (SSSR count). The van der Waals surface area contributed by atoms with E-state index in [0.29, 0.717) is 0 Å². The predicted octanol–water partition coefficient (Wildman–Crippen LogP) is 3.15. The molecule has 0 aliphatic rings. The number of benzene rings is 1. The highest BCUT2D eigenvalue weighted by Crippen LogP contribution is 2.14. The third-order valence-corrected chi connectivity index (χ3v) is 3.29. The van der Waals surface area contributed by atoms with Crippen molar-refractivity contribution in [3.8, 4) is 0 Å². The van der Waals surface area contributed by atoms with Crippen molar-refractivity contribution < 1.29 is 4.74 Å². The van der Waals surface area contributed by atoms with Crippen molar-refractivity contribution in [3.63, 3.8) is 0 Å². The first kappa shape index (κ1) is 14.5. The van der Waals surface area contributed by atoms with Crippen LogP contribution in [-0.4, -0.2) is 31.8 Å². The van der Waals surface area contributed by atoms with Crippen LogP contribution in [0.2, 0.25) is 0 Å². The fourth-order valence-corrected chi connectivity index (χ4v) is 2.18. The molecule has 0 aliphatic carbocycles. The maximum Gasteiger partial charge on any atom is 0.128 e. The molecule has 1 aromatic carbocycles. The molecule has 2 aromatic rings. The lowest BCUT2D eigenvalue weighted by Crippen LogP contribution is -2.27. The Bertz CT molecular complexity index is 513. The topological polar surface area (TPSA) is 25.4 Å². The van der Waals surface area contributed by atoms with E-state index in [0.717, 1.165) is 37.6 Å². The number of methoxy groups -OCH3 is 1. The molecule has 0 atom stereocenters. The third kappa shape index (κ3) is 4.07. The number of hydrogen-bond donors (Lipinski definition) is 0. The molecular formula is C17H22N2O. The molecule has 20 heavy (non-hydrogen) atoms. The molecule has 3 heteroatoms. The average Bonchev–Trinajstić information content (AvgIpc) is 2.49. The van der Waals surface area contributed by atoms with E-state index in [-0.39, 0.29) is 0 Å². The summed E-state index contributed by atoms with van der Waals surface area (Å²) in [6, 6.07) is 16.7. The molecule has 1 heterocycles. The Labute approximate surface area is 121 Å². The Morgan fingerprint density at radius 2 is 1.85 bits per heavy atom. The summed E-state index contributed by atoms with van der Waals surface area (Å²) in [4.78, 5) is 7.00. The summed E-state index contributed by atoms with van der Waals surface area (Å²) >= 11 is 0. The Morgan fingerprint density at radius 1 is 1.05 bits per heavy atom. The van der Waals surface area contributed by atoms with Gasteiger partial charge in [-0.15, -0.1) is 0 Å². The van der Waals surface area contributed by atoms with Gasteiger partial charge in [-0.25, -0.2) is 4.98 Å². The second-order valence-electron chi connectivity index (χ2n) is 4.72. The zero-order valence-corrected chi connectivity index (χ0v) is 12.2. The van der Waals surface area contributed by atoms with Gasteiger partial charge in [-0.05, 0) is 24.6 Å². The number of hydrogen-bond acceptors (Lipinski definition) is 3. The number of nitrogens with zero attached hydrogens (tertiary/aromatic N) is 2. The third-order valence-electron chi connectivity index (χ3n) is 3.29. The lowest BCUT2D eigenvalue weighted by Gasteiger charge is -2.22. The van der Waals surface area contributed by atoms with Gasteiger partial charge in [-0.1, -0.05) is 36.4 Å². The first-order chi connectivity index (χ1) is 9.83. The highest BCUT2D eigenvalue weighted by molar-refractivity contribution is 5.39. The van der Waals surface area contributed by atoms with Crippen molar-refractivity contribution in [2.75, 3.05) is 31.7 Å². The van der Waals surface area contributed by atoms with E-state index in [9.17, 15) is 0 Å². The highest BCUT2D eigenvalue weighted by atomic mass is 16.5. The van der Waals surface area contributed by atoms with Gasteiger partial charge >= 0.3 is 0 Å². The Hall–Kier alpha value is -1.87. The van der Waals surface area contributed by atoms with Crippen LogP contribution in [0.4, 0.5) is 5.82 Å². The summed E-state index contributed by atoms with van der Waals surface area (Å²) < 4.78 is 5.15. The van der Waals surface area contributed by atoms with Crippen molar-refractivity contribution in [3.05, 3.63) is 59.8 Å². The number of ether oxygens (including phenoxy) is 1. The van der Waals surface area contributed by atoms with Gasteiger partial charge in [0.1, 0.15) is 5.82 Å². The molecule has 3 nitrogen and oxygen atoms in total. The normalized spacial score (nSPS) is 10.5. The maximum atomic E-state index is 5.15. The largest absolute Gasteiger partial charge is 0.383 e. The minimum Gasteiger partial charge on any atom is -0.383 e. The SMILES string of the molecule is CCN(CCOC)c1cccc(Cc2ccccc2)n1. The molecule has 0 N–H and O–H groups in total. The van der Waals surface area contributed by atoms with Crippen molar-refractivity contribution >= 4 is 5.82 Å². The quantitative estimate of drug-likeness (QED) is 0.773. The molecule has 106 valence electrons. The monoisotopic (exact) mass is 270 g/mol. The smallest absolute Gasteiger partial charge is 0.128 e. The van der Waals surface area contributed by atoms with Crippen LogP contribution in [0.5, 0.6) is 0 Å². The summed E-state index contributed by atoms with van der Waals surface area (Å²) in [5, 5.41) is 0. The highest BCUT2D eigenvalue weighted by Gasteiger charge is 2.06. The van der Waals surface area contributed by atoms with Crippen LogP contribution in [-0.2, 0) is 11.2 Å². The number of aromatic nitrogens is 1. The van der Waals surface area contributed by atoms with Gasteiger partial charge in [-0.3, -0.25) is 0 Å². The summed E-state index contributed by atoms with van der Waals surface area (Å²) in [6.07, 6.45) is 0.872. The van der Waals surface area contributed by atoms with Gasteiger partial charge in [-0.2, -0.15) is 0 Å². The number of likely N-dealkylation sites (N-methyl/N-ethyl adjacent to an activating group) is 1. The summed E-state index contributed by atoms with van der Waals surface area (Å²) in [5.41, 5.74) is 2.39. The van der Waals surface area contributed by atoms with Gasteiger partial charge in [0.15, 0.2) is 0 Å². The maximum absolute atomic E-state index is 5.15. The summed E-state index contributed by atoms with van der Waals surface area (Å²) in [7, 11) is 1.73. The zero-order valence-electron chi connectivity index (χ0n) is 12.2. The van der Waals surface area contributed by atoms with Crippen LogP contribution in [0.25, 0.3) is 0 Å². The van der Waals surface area contributed by atoms with Crippen LogP contribution in [0.1, 0.15) is 18.2 Å². The Kier molecular flexibility index (Phi) is 5.56. The first-order valence-corrected chi connectivity index (χ1v) is 7.07. The van der Waals surface area contributed by atoms with Crippen LogP contribution in [0.3, 0.4) is 0 Å². The molecule has 0 radical (unpaired) electrons. The minimum atomic E-state index is 0.721. The number of rotatable bonds is 7. The van der Waals surface area contributed by atoms with E-state index in [2.05, 4.69) is 54.3 Å². The Morgan fingerprint density at radius 3 is 2.55 bits per heavy atom. The number of anilines is 1. The van der Waals surface area contributed by atoms with Crippen LogP contribution in [0.15, 0.2) is 48.5 Å². The van der Waals surface area contributed by atoms with Crippen LogP contribution in [0, 0.1) is 0 Å². The van der Waals surface area contributed by atoms with E-state index in [1.54, 1.807) is 7.11 Å². The molecule has 0 fully saturated rings. The van der Waals surface area contributed by atoms with Crippen molar-refractivity contribution in [2.24, 2.45) is 0 Å². The second kappa shape index (κ2) is 7.65. The van der Waals surface area contributed by atoms with Gasteiger partial charge in [0.05, 0.1) is 6.61 Å². The summed E-state index contributed by atoms with van der Waals surface area (Å²) in [5.74, 6) is 1.03. The fourth-order valence-electron chi connectivity index (χ4n) is 2.18. The first-order valence-electron chi connectivity index (χ1n) is 7.07. The van der Waals surface area contributed by atoms with Gasteiger partial charge in [0.2, 0.25) is 0 Å². The molecule has 0 spiro atoms. The second-order valence-corrected chi connectivity index (χ2v) is 4.72. The zero-order chi connectivity index (χ0) is 14.2. The van der Waals surface area contributed by atoms with E-state index in [1.807, 2.05) is 6.07 Å². The molecular weight excluding hydrogens is 248 g/mol. The molecule has 0 amide bonds. The molecule has 0 bridgehead atoms. The Balaban J connectivity index is 2.10. The van der Waals surface area contributed by atoms with Gasteiger partial charge in [0.25, 0.3) is 0 Å². The fraction of sp³-hybridized carbons (Fsp3) is 0.353. The molecule has 0 unspecified atom stereocenters. The molecule has 1 aromatic heterocycles. The predicted molar refractivity (Wildman–Crippen MR) is 83.2 cm³/mol. The standard InChI is InChI=1S/C17H22N2O/c1-3-19(12-13-20-2)17-11-7-10-16(18-17)14-15-8-5-4-6-9-15/h4-11H,3,12-14H2,1-2H3. The van der Waals surface area contributed by atoms with E-state index in [4.69, 9.17) is 9.72 Å². The van der Waals surface area contributed by atoms with E-state index in [1.165, 1.54) is 5.56 Å². The summed E-state index contributed by atoms with van der Waals surface area (Å²) in [6.45, 7) is 4.67. The van der Waals surface area contributed by atoms with Gasteiger partial charge < -0.3 is 9.64 Å². The van der Waals surface area contributed by atoms with Crippen LogP contribution >= 0.6 is 0 Å². The van der Waals surface area contributed by atoms with E-state index >= 15 is 0 Å². The van der Waals surface area contributed by atoms with Crippen molar-refractivity contribution in [1.82, 2.24) is 4.98 Å². The van der Waals surface area contributed by atoms with Crippen molar-refractivity contribution in [1.29, 1.82) is 0 Å². The van der Waals surface area contributed by atoms with Crippen molar-refractivity contribution in [2.45, 2.75) is 13.3 Å². The van der Waals surface area contributed by atoms with Crippen LogP contribution < -0.4 is 4.90 Å². The lowest BCUT2D eigenvalue weighted by molar-refractivity contribution is 0.205. The molecule has 0 saturated carbocycles. The molecule has 0 saturated heterocycles. The van der Waals surface area contributed by atoms with E-state index < -0.39 is 0 Å². The number of pyridine rings is 1. The minimum absolute atomic E-state index is 0.721. The lowest BCUT2D eigenvalue weighted by atomic mass is 10.1. The average molecular weight is 270 g/mol. The van der Waals surface area contributed by atoms with Gasteiger partial charge in [0, 0.05) is 32.3 Å².